The van der Waals surface area contributed by atoms with Gasteiger partial charge in [-0.05, 0) is 67.3 Å². The molecule has 39 heavy (non-hydrogen) atoms. The maximum Gasteiger partial charge on any atom is 0.343 e. The van der Waals surface area contributed by atoms with Crippen molar-refractivity contribution in [3.63, 3.8) is 0 Å². The van der Waals surface area contributed by atoms with Gasteiger partial charge >= 0.3 is 5.97 Å². The van der Waals surface area contributed by atoms with E-state index in [4.69, 9.17) is 16.2 Å². The maximum atomic E-state index is 13.0. The number of aliphatic imine (C=N–C) groups is 1. The van der Waals surface area contributed by atoms with Crippen molar-refractivity contribution in [1.82, 2.24) is 14.7 Å². The second-order valence-electron chi connectivity index (χ2n) is 9.63. The molecule has 4 rings (SSSR count). The summed E-state index contributed by atoms with van der Waals surface area (Å²) < 4.78 is 5.42. The average Bonchev–Trinajstić information content (AvgIpc) is 2.89. The number of carbonyl (C=O) groups excluding carboxylic acids is 3. The molecule has 2 amide bonds. The number of carbonyl (C=O) groups is 3. The first-order chi connectivity index (χ1) is 17.8. The highest BCUT2D eigenvalue weighted by Gasteiger charge is 2.26. The van der Waals surface area contributed by atoms with Crippen LogP contribution in [-0.4, -0.2) is 84.3 Å². The van der Waals surface area contributed by atoms with Crippen molar-refractivity contribution in [2.24, 2.45) is 22.4 Å². The minimum absolute atomic E-state index is 0. The number of nitrogens with two attached hydrogens (primary N) is 2. The van der Waals surface area contributed by atoms with Gasteiger partial charge in [-0.1, -0.05) is 6.92 Å². The molecule has 2 heterocycles. The van der Waals surface area contributed by atoms with Crippen LogP contribution in [0.2, 0.25) is 0 Å². The lowest BCUT2D eigenvalue weighted by atomic mass is 9.99. The fourth-order valence-electron chi connectivity index (χ4n) is 4.49. The molecule has 0 aliphatic carbocycles. The number of esters is 1. The third-order valence-corrected chi connectivity index (χ3v) is 6.83. The Kier molecular flexibility index (Phi) is 12.0. The second kappa shape index (κ2) is 14.7. The van der Waals surface area contributed by atoms with Crippen LogP contribution in [0.15, 0.2) is 53.5 Å². The molecule has 0 spiro atoms. The van der Waals surface area contributed by atoms with Crippen LogP contribution < -0.4 is 16.2 Å². The largest absolute Gasteiger partial charge is 0.423 e. The molecule has 0 saturated carbocycles. The highest BCUT2D eigenvalue weighted by atomic mass is 35.5. The summed E-state index contributed by atoms with van der Waals surface area (Å²) in [4.78, 5) is 47.8. The van der Waals surface area contributed by atoms with Crippen LogP contribution in [-0.2, 0) is 4.79 Å². The summed E-state index contributed by atoms with van der Waals surface area (Å²) in [6.07, 6.45) is 2.14. The Labute approximate surface area is 241 Å². The van der Waals surface area contributed by atoms with Crippen LogP contribution in [0.4, 0.5) is 5.69 Å². The van der Waals surface area contributed by atoms with E-state index in [1.807, 2.05) is 4.90 Å². The number of guanidine groups is 1. The number of nitrogens with zero attached hydrogens (tertiary/aromatic N) is 4. The molecule has 4 N–H and O–H groups in total. The number of hydrogen-bond donors (Lipinski definition) is 2. The van der Waals surface area contributed by atoms with E-state index in [1.165, 1.54) is 0 Å². The highest BCUT2D eigenvalue weighted by Crippen LogP contribution is 2.19. The summed E-state index contributed by atoms with van der Waals surface area (Å²) in [5.41, 5.74) is 12.1. The van der Waals surface area contributed by atoms with Crippen LogP contribution in [0.1, 0.15) is 40.5 Å². The summed E-state index contributed by atoms with van der Waals surface area (Å²) >= 11 is 0. The molecule has 0 atom stereocenters. The number of rotatable bonds is 6. The number of amides is 2. The summed E-state index contributed by atoms with van der Waals surface area (Å²) in [6, 6.07) is 12.9. The van der Waals surface area contributed by atoms with Crippen molar-refractivity contribution in [2.75, 3.05) is 45.8 Å². The summed E-state index contributed by atoms with van der Waals surface area (Å²) in [6.45, 7) is 6.79. The zero-order valence-electron chi connectivity index (χ0n) is 22.0. The number of halogens is 2. The Morgan fingerprint density at radius 1 is 0.821 bits per heavy atom. The van der Waals surface area contributed by atoms with E-state index in [2.05, 4.69) is 16.8 Å². The van der Waals surface area contributed by atoms with Crippen molar-refractivity contribution in [3.05, 3.63) is 59.7 Å². The third kappa shape index (κ3) is 8.84. The summed E-state index contributed by atoms with van der Waals surface area (Å²) in [5, 5.41) is 0. The average molecular weight is 580 g/mol. The van der Waals surface area contributed by atoms with Crippen LogP contribution in [0.3, 0.4) is 0 Å². The lowest BCUT2D eigenvalue weighted by molar-refractivity contribution is -0.134. The standard InChI is InChI=1S/C27H34N6O4.2ClH/c1-19-10-12-32(13-11-19)24(34)18-31-14-16-33(17-15-31)25(35)20-4-8-23(9-5-20)37-26(36)21-2-6-22(7-3-21)30-27(28)29;;/h2-9,19H,10-18H2,1H3,(H4,28,29,30);2*1H. The number of benzene rings is 2. The number of ether oxygens (including phenoxy) is 1. The van der Waals surface area contributed by atoms with Crippen molar-refractivity contribution >= 4 is 54.2 Å². The van der Waals surface area contributed by atoms with Gasteiger partial charge in [-0.15, -0.1) is 24.8 Å². The van der Waals surface area contributed by atoms with E-state index in [0.29, 0.717) is 61.2 Å². The Morgan fingerprint density at radius 3 is 1.95 bits per heavy atom. The van der Waals surface area contributed by atoms with Crippen molar-refractivity contribution in [3.8, 4) is 5.75 Å². The van der Waals surface area contributed by atoms with E-state index >= 15 is 0 Å². The van der Waals surface area contributed by atoms with E-state index in [1.54, 1.807) is 53.4 Å². The van der Waals surface area contributed by atoms with Crippen LogP contribution in [0.5, 0.6) is 5.75 Å². The number of hydrogen-bond acceptors (Lipinski definition) is 6. The van der Waals surface area contributed by atoms with E-state index in [0.717, 1.165) is 25.9 Å². The van der Waals surface area contributed by atoms with E-state index in [-0.39, 0.29) is 42.6 Å². The predicted molar refractivity (Wildman–Crippen MR) is 155 cm³/mol. The Hall–Kier alpha value is -3.34. The van der Waals surface area contributed by atoms with E-state index in [9.17, 15) is 14.4 Å². The Balaban J connectivity index is 0.00000267. The molecule has 2 fully saturated rings. The minimum atomic E-state index is -0.528. The van der Waals surface area contributed by atoms with Crippen LogP contribution >= 0.6 is 24.8 Å². The zero-order chi connectivity index (χ0) is 26.4. The topological polar surface area (TPSA) is 135 Å². The predicted octanol–water partition coefficient (Wildman–Crippen LogP) is 2.67. The molecule has 0 radical (unpaired) electrons. The van der Waals surface area contributed by atoms with Crippen molar-refractivity contribution in [1.29, 1.82) is 0 Å². The summed E-state index contributed by atoms with van der Waals surface area (Å²) in [7, 11) is 0. The maximum absolute atomic E-state index is 13.0. The Bertz CT molecular complexity index is 1140. The smallest absolute Gasteiger partial charge is 0.343 e. The van der Waals surface area contributed by atoms with Gasteiger partial charge in [-0.2, -0.15) is 0 Å². The fourth-order valence-corrected chi connectivity index (χ4v) is 4.49. The molecule has 0 aromatic heterocycles. The molecule has 2 aliphatic rings. The Morgan fingerprint density at radius 2 is 1.38 bits per heavy atom. The summed E-state index contributed by atoms with van der Waals surface area (Å²) in [5.74, 6) is 0.538. The molecule has 0 bridgehead atoms. The van der Waals surface area contributed by atoms with Gasteiger partial charge in [0.15, 0.2) is 5.96 Å². The van der Waals surface area contributed by atoms with E-state index < -0.39 is 5.97 Å². The van der Waals surface area contributed by atoms with Crippen molar-refractivity contribution < 1.29 is 19.1 Å². The first kappa shape index (κ1) is 31.9. The first-order valence-corrected chi connectivity index (χ1v) is 12.6. The fraction of sp³-hybridized carbons (Fsp3) is 0.407. The normalized spacial score (nSPS) is 15.9. The molecule has 0 unspecified atom stereocenters. The van der Waals surface area contributed by atoms with Gasteiger partial charge in [0.1, 0.15) is 5.75 Å². The molecule has 212 valence electrons. The highest BCUT2D eigenvalue weighted by molar-refractivity contribution is 5.95. The zero-order valence-corrected chi connectivity index (χ0v) is 23.6. The second-order valence-corrected chi connectivity index (χ2v) is 9.63. The van der Waals surface area contributed by atoms with Gasteiger partial charge in [0.25, 0.3) is 5.91 Å². The number of piperidine rings is 1. The molecule has 12 heteroatoms. The monoisotopic (exact) mass is 578 g/mol. The number of piperazine rings is 1. The minimum Gasteiger partial charge on any atom is -0.423 e. The van der Waals surface area contributed by atoms with Gasteiger partial charge in [-0.25, -0.2) is 9.79 Å². The van der Waals surface area contributed by atoms with Crippen LogP contribution in [0, 0.1) is 5.92 Å². The number of likely N-dealkylation sites (tertiary alicyclic amines) is 1. The molecule has 2 aliphatic heterocycles. The van der Waals surface area contributed by atoms with Gasteiger partial charge < -0.3 is 26.0 Å². The van der Waals surface area contributed by atoms with Gasteiger partial charge in [0, 0.05) is 44.8 Å². The molecule has 2 saturated heterocycles. The molecule has 2 aromatic rings. The first-order valence-electron chi connectivity index (χ1n) is 12.6. The van der Waals surface area contributed by atoms with Gasteiger partial charge in [0.05, 0.1) is 17.8 Å². The molecule has 2 aromatic carbocycles. The van der Waals surface area contributed by atoms with Gasteiger partial charge in [-0.3, -0.25) is 14.5 Å². The van der Waals surface area contributed by atoms with Gasteiger partial charge in [0.2, 0.25) is 5.91 Å². The van der Waals surface area contributed by atoms with Crippen LogP contribution in [0.25, 0.3) is 0 Å². The lowest BCUT2D eigenvalue weighted by Gasteiger charge is -2.36. The third-order valence-electron chi connectivity index (χ3n) is 6.83. The SMILES string of the molecule is CC1CCN(C(=O)CN2CCN(C(=O)c3ccc(OC(=O)c4ccc(N=C(N)N)cc4)cc3)CC2)CC1.Cl.Cl. The van der Waals surface area contributed by atoms with Crippen molar-refractivity contribution in [2.45, 2.75) is 19.8 Å². The molecule has 10 nitrogen and oxygen atoms in total. The quantitative estimate of drug-likeness (QED) is 0.233. The molecular formula is C27H36Cl2N6O4. The lowest BCUT2D eigenvalue weighted by Crippen LogP contribution is -2.52. The molecular weight excluding hydrogens is 543 g/mol.